The van der Waals surface area contributed by atoms with Crippen LogP contribution in [0.1, 0.15) is 63.1 Å². The van der Waals surface area contributed by atoms with Crippen LogP contribution in [0.5, 0.6) is 0 Å². The van der Waals surface area contributed by atoms with Crippen LogP contribution < -0.4 is 5.73 Å². The van der Waals surface area contributed by atoms with E-state index in [2.05, 4.69) is 9.97 Å². The number of likely N-dealkylation sites (tertiary alicyclic amines) is 1. The molecule has 40 heavy (non-hydrogen) atoms. The number of benzene rings is 3. The van der Waals surface area contributed by atoms with Crippen LogP contribution in [0.2, 0.25) is 10.0 Å². The van der Waals surface area contributed by atoms with Gasteiger partial charge in [-0.2, -0.15) is 0 Å². The van der Waals surface area contributed by atoms with Crippen LogP contribution in [0.25, 0.3) is 22.1 Å². The van der Waals surface area contributed by atoms with Crippen molar-refractivity contribution in [2.45, 2.75) is 38.0 Å². The fourth-order valence-electron chi connectivity index (χ4n) is 5.47. The first-order valence-corrected chi connectivity index (χ1v) is 14.1. The Balaban J connectivity index is 1.37. The van der Waals surface area contributed by atoms with Gasteiger partial charge in [-0.05, 0) is 85.8 Å². The first-order chi connectivity index (χ1) is 19.3. The first kappa shape index (κ1) is 26.3. The monoisotopic (exact) mass is 574 g/mol. The van der Waals surface area contributed by atoms with Crippen molar-refractivity contribution in [2.75, 3.05) is 13.1 Å². The number of H-pyrrole nitrogens is 2. The van der Waals surface area contributed by atoms with E-state index in [1.165, 1.54) is 0 Å². The molecule has 4 N–H and O–H groups in total. The van der Waals surface area contributed by atoms with Gasteiger partial charge in [-0.3, -0.25) is 9.59 Å². The number of carbonyl (C=O) groups is 2. The molecule has 0 radical (unpaired) electrons. The third-order valence-electron chi connectivity index (χ3n) is 7.55. The highest BCUT2D eigenvalue weighted by Gasteiger charge is 2.26. The van der Waals surface area contributed by atoms with Crippen LogP contribution in [-0.4, -0.2) is 49.7 Å². The van der Waals surface area contributed by atoms with E-state index in [1.54, 1.807) is 18.2 Å². The van der Waals surface area contributed by atoms with Crippen molar-refractivity contribution >= 4 is 57.1 Å². The third-order valence-corrected chi connectivity index (χ3v) is 8.02. The van der Waals surface area contributed by atoms with Crippen molar-refractivity contribution < 1.29 is 9.59 Å². The number of nitrogens with zero attached hydrogens (tertiary/aromatic N) is 3. The van der Waals surface area contributed by atoms with Gasteiger partial charge < -0.3 is 20.6 Å². The van der Waals surface area contributed by atoms with E-state index in [1.807, 2.05) is 41.3 Å². The molecule has 1 aliphatic heterocycles. The van der Waals surface area contributed by atoms with E-state index < -0.39 is 5.91 Å². The zero-order valence-electron chi connectivity index (χ0n) is 21.7. The van der Waals surface area contributed by atoms with Gasteiger partial charge >= 0.3 is 0 Å². The molecule has 0 aliphatic carbocycles. The largest absolute Gasteiger partial charge is 0.366 e. The number of amides is 2. The molecule has 2 amide bonds. The quantitative estimate of drug-likeness (QED) is 0.209. The van der Waals surface area contributed by atoms with Gasteiger partial charge in [0.15, 0.2) is 0 Å². The Bertz CT molecular complexity index is 1740. The average molecular weight is 576 g/mol. The number of aryl methyl sites for hydroxylation is 1. The summed E-state index contributed by atoms with van der Waals surface area (Å²) < 4.78 is 0. The summed E-state index contributed by atoms with van der Waals surface area (Å²) in [5, 5.41) is 1.24. The van der Waals surface area contributed by atoms with E-state index in [-0.39, 0.29) is 11.8 Å². The third kappa shape index (κ3) is 5.42. The maximum absolute atomic E-state index is 13.5. The summed E-state index contributed by atoms with van der Waals surface area (Å²) in [6.07, 6.45) is 3.79. The second kappa shape index (κ2) is 10.9. The number of hydrogen-bond acceptors (Lipinski definition) is 4. The highest BCUT2D eigenvalue weighted by molar-refractivity contribution is 6.31. The lowest BCUT2D eigenvalue weighted by molar-refractivity contribution is 0.0791. The number of fused-ring (bicyclic) bond motifs is 2. The smallest absolute Gasteiger partial charge is 0.254 e. The summed E-state index contributed by atoms with van der Waals surface area (Å²) in [5.41, 5.74) is 10.7. The van der Waals surface area contributed by atoms with E-state index in [4.69, 9.17) is 38.9 Å². The lowest BCUT2D eigenvalue weighted by atomic mass is 9.89. The maximum Gasteiger partial charge on any atom is 0.254 e. The Morgan fingerprint density at radius 3 is 2.27 bits per heavy atom. The number of hydrogen-bond donors (Lipinski definition) is 3. The highest BCUT2D eigenvalue weighted by Crippen LogP contribution is 2.30. The number of aromatic amines is 2. The Hall–Kier alpha value is -3.88. The molecule has 1 saturated heterocycles. The van der Waals surface area contributed by atoms with Crippen LogP contribution >= 0.6 is 23.2 Å². The second-order valence-corrected chi connectivity index (χ2v) is 11.2. The number of carbonyl (C=O) groups excluding carboxylic acids is 2. The Labute approximate surface area is 240 Å². The summed E-state index contributed by atoms with van der Waals surface area (Å²) in [5.74, 6) is 0.947. The molecule has 0 spiro atoms. The number of halogens is 2. The molecular formula is C30H28Cl2N6O2. The molecule has 1 fully saturated rings. The highest BCUT2D eigenvalue weighted by atomic mass is 35.5. The van der Waals surface area contributed by atoms with Crippen LogP contribution in [0.15, 0.2) is 54.6 Å². The minimum Gasteiger partial charge on any atom is -0.366 e. The Kier molecular flexibility index (Phi) is 7.21. The van der Waals surface area contributed by atoms with Gasteiger partial charge in [-0.1, -0.05) is 23.2 Å². The molecule has 8 nitrogen and oxygen atoms in total. The second-order valence-electron chi connectivity index (χ2n) is 10.3. The van der Waals surface area contributed by atoms with Crippen molar-refractivity contribution in [2.24, 2.45) is 5.73 Å². The fraction of sp³-hybridized carbons (Fsp3) is 0.267. The molecule has 3 aromatic carbocycles. The molecule has 1 aliphatic rings. The summed E-state index contributed by atoms with van der Waals surface area (Å²) in [6.45, 7) is 1.47. The number of nitrogens with one attached hydrogen (secondary N) is 2. The van der Waals surface area contributed by atoms with Crippen LogP contribution in [-0.2, 0) is 12.8 Å². The van der Waals surface area contributed by atoms with Crippen molar-refractivity contribution in [3.63, 3.8) is 0 Å². The van der Waals surface area contributed by atoms with Crippen molar-refractivity contribution in [3.8, 4) is 0 Å². The zero-order chi connectivity index (χ0) is 27.8. The van der Waals surface area contributed by atoms with Crippen LogP contribution in [0, 0.1) is 0 Å². The van der Waals surface area contributed by atoms with Crippen LogP contribution in [0.3, 0.4) is 0 Å². The molecular weight excluding hydrogens is 547 g/mol. The van der Waals surface area contributed by atoms with Gasteiger partial charge in [0.2, 0.25) is 5.91 Å². The predicted molar refractivity (Wildman–Crippen MR) is 157 cm³/mol. The topological polar surface area (TPSA) is 121 Å². The van der Waals surface area contributed by atoms with Gasteiger partial charge in [0.1, 0.15) is 11.6 Å². The molecule has 2 aromatic heterocycles. The summed E-state index contributed by atoms with van der Waals surface area (Å²) in [7, 11) is 0. The minimum atomic E-state index is -0.530. The van der Waals surface area contributed by atoms with Gasteiger partial charge in [-0.15, -0.1) is 0 Å². The van der Waals surface area contributed by atoms with Gasteiger partial charge in [0.25, 0.3) is 5.91 Å². The average Bonchev–Trinajstić information content (AvgIpc) is 3.69. The minimum absolute atomic E-state index is 0.0205. The number of primary amides is 1. The predicted octanol–water partition coefficient (Wildman–Crippen LogP) is 6.04. The van der Waals surface area contributed by atoms with Gasteiger partial charge in [-0.25, -0.2) is 9.97 Å². The SMILES string of the molecule is NC(=O)c1ccc(C(=O)N2CCCC2)c(C[C@H](CCc2nc3cc(Cl)ccc3[nH]2)c2nc3cc(Cl)ccc3[nH]2)c1. The Morgan fingerprint density at radius 1 is 0.900 bits per heavy atom. The lowest BCUT2D eigenvalue weighted by Gasteiger charge is -2.21. The van der Waals surface area contributed by atoms with Crippen LogP contribution in [0.4, 0.5) is 0 Å². The molecule has 0 bridgehead atoms. The summed E-state index contributed by atoms with van der Waals surface area (Å²) in [6, 6.07) is 16.3. The molecule has 5 aromatic rings. The molecule has 6 rings (SSSR count). The lowest BCUT2D eigenvalue weighted by Crippen LogP contribution is -2.29. The maximum atomic E-state index is 13.5. The van der Waals surface area contributed by atoms with E-state index in [0.29, 0.717) is 40.4 Å². The molecule has 204 valence electrons. The van der Waals surface area contributed by atoms with E-state index >= 15 is 0 Å². The van der Waals surface area contributed by atoms with Crippen molar-refractivity contribution in [3.05, 3.63) is 93.0 Å². The summed E-state index contributed by atoms with van der Waals surface area (Å²) in [4.78, 5) is 43.9. The van der Waals surface area contributed by atoms with E-state index in [9.17, 15) is 9.59 Å². The molecule has 1 atom stereocenters. The normalized spacial score (nSPS) is 14.3. The molecule has 0 unspecified atom stereocenters. The number of nitrogens with two attached hydrogens (primary N) is 1. The summed E-state index contributed by atoms with van der Waals surface area (Å²) >= 11 is 12.4. The molecule has 0 saturated carbocycles. The number of aromatic nitrogens is 4. The zero-order valence-corrected chi connectivity index (χ0v) is 23.2. The fourth-order valence-corrected chi connectivity index (χ4v) is 5.80. The van der Waals surface area contributed by atoms with Crippen molar-refractivity contribution in [1.29, 1.82) is 0 Å². The first-order valence-electron chi connectivity index (χ1n) is 13.4. The number of rotatable bonds is 8. The van der Waals surface area contributed by atoms with Gasteiger partial charge in [0, 0.05) is 46.6 Å². The Morgan fingerprint density at radius 2 is 1.57 bits per heavy atom. The number of imidazole rings is 2. The van der Waals surface area contributed by atoms with Gasteiger partial charge in [0.05, 0.1) is 22.1 Å². The molecule has 10 heteroatoms. The molecule has 3 heterocycles. The van der Waals surface area contributed by atoms with E-state index in [0.717, 1.165) is 65.2 Å². The standard InChI is InChI=1S/C30H28Cl2N6O2/c31-20-5-8-23-25(15-20)35-27(34-23)10-4-18(29-36-24-9-6-21(32)16-26(24)37-29)14-19-13-17(28(33)39)3-7-22(19)30(40)38-11-1-2-12-38/h3,5-9,13,15-16,18H,1-2,4,10-12,14H2,(H2,33,39)(H,34,35)(H,36,37)/t18-/m0/s1. The van der Waals surface area contributed by atoms with Crippen molar-refractivity contribution in [1.82, 2.24) is 24.8 Å².